The highest BCUT2D eigenvalue weighted by Crippen LogP contribution is 2.32. The van der Waals surface area contributed by atoms with E-state index in [9.17, 15) is 4.39 Å². The molecule has 3 nitrogen and oxygen atoms in total. The van der Waals surface area contributed by atoms with Crippen LogP contribution in [-0.2, 0) is 0 Å². The number of fused-ring (bicyclic) bond motifs is 3. The fraction of sp³-hybridized carbons (Fsp3) is 0.0455. The lowest BCUT2D eigenvalue weighted by molar-refractivity contribution is -0.664. The highest BCUT2D eigenvalue weighted by atomic mass is 79.9. The van der Waals surface area contributed by atoms with Gasteiger partial charge in [-0.25, -0.2) is 19.3 Å². The minimum absolute atomic E-state index is 0.0806. The molecular formula is C22H15Br2FN3+. The van der Waals surface area contributed by atoms with Gasteiger partial charge in [-0.05, 0) is 64.0 Å². The summed E-state index contributed by atoms with van der Waals surface area (Å²) >= 11 is 6.82. The van der Waals surface area contributed by atoms with Crippen molar-refractivity contribution in [3.8, 4) is 0 Å². The summed E-state index contributed by atoms with van der Waals surface area (Å²) in [6.45, 7) is 0. The number of nitrogens with zero attached hydrogens (tertiary/aromatic N) is 1. The van der Waals surface area contributed by atoms with Gasteiger partial charge in [0.15, 0.2) is 0 Å². The molecule has 6 heteroatoms. The van der Waals surface area contributed by atoms with Crippen LogP contribution in [0, 0.1) is 5.82 Å². The van der Waals surface area contributed by atoms with Gasteiger partial charge in [-0.2, -0.15) is 0 Å². The van der Waals surface area contributed by atoms with Crippen LogP contribution >= 0.6 is 31.9 Å². The summed E-state index contributed by atoms with van der Waals surface area (Å²) in [5.41, 5.74) is 5.22. The topological polar surface area (TPSA) is 31.7 Å². The Bertz CT molecular complexity index is 1230. The Balaban J connectivity index is 1.72. The predicted molar refractivity (Wildman–Crippen MR) is 116 cm³/mol. The maximum absolute atomic E-state index is 13.8. The highest BCUT2D eigenvalue weighted by molar-refractivity contribution is 9.10. The van der Waals surface area contributed by atoms with E-state index in [0.29, 0.717) is 4.47 Å². The molecule has 0 bridgehead atoms. The molecule has 1 atom stereocenters. The lowest BCUT2D eigenvalue weighted by Crippen LogP contribution is -2.43. The first-order chi connectivity index (χ1) is 13.6. The number of H-pyrrole nitrogens is 1. The van der Waals surface area contributed by atoms with Crippen LogP contribution in [-0.4, -0.2) is 4.98 Å². The van der Waals surface area contributed by atoms with E-state index in [0.717, 1.165) is 38.3 Å². The van der Waals surface area contributed by atoms with Gasteiger partial charge in [-0.15, -0.1) is 0 Å². The van der Waals surface area contributed by atoms with Gasteiger partial charge in [0, 0.05) is 10.0 Å². The van der Waals surface area contributed by atoms with Crippen molar-refractivity contribution in [1.82, 2.24) is 4.98 Å². The molecule has 2 heterocycles. The Morgan fingerprint density at radius 1 is 0.929 bits per heavy atom. The van der Waals surface area contributed by atoms with Crippen LogP contribution in [0.1, 0.15) is 17.2 Å². The summed E-state index contributed by atoms with van der Waals surface area (Å²) in [4.78, 5) is 3.47. The summed E-state index contributed by atoms with van der Waals surface area (Å²) in [5, 5.41) is 3.52. The Labute approximate surface area is 178 Å². The molecule has 28 heavy (non-hydrogen) atoms. The van der Waals surface area contributed by atoms with Crippen LogP contribution in [0.5, 0.6) is 0 Å². The molecule has 0 saturated carbocycles. The molecular weight excluding hydrogens is 485 g/mol. The number of benzene rings is 3. The number of hydrogen-bond donors (Lipinski definition) is 2. The van der Waals surface area contributed by atoms with E-state index >= 15 is 0 Å². The average Bonchev–Trinajstić information content (AvgIpc) is 3.08. The molecule has 2 N–H and O–H groups in total. The smallest absolute Gasteiger partial charge is 0.244 e. The number of imidazole rings is 1. The molecule has 0 saturated heterocycles. The molecule has 1 unspecified atom stereocenters. The van der Waals surface area contributed by atoms with Crippen molar-refractivity contribution < 1.29 is 8.96 Å². The lowest BCUT2D eigenvalue weighted by Gasteiger charge is -2.21. The molecule has 3 aromatic carbocycles. The molecule has 0 spiro atoms. The number of hydrogen-bond acceptors (Lipinski definition) is 1. The third-order valence-corrected chi connectivity index (χ3v) is 6.09. The number of nitrogens with one attached hydrogen (secondary N) is 2. The Hall–Kier alpha value is -2.44. The van der Waals surface area contributed by atoms with Crippen LogP contribution in [0.4, 0.5) is 10.3 Å². The molecule has 5 rings (SSSR count). The minimum Gasteiger partial charge on any atom is -0.244 e. The van der Waals surface area contributed by atoms with Crippen LogP contribution < -0.4 is 9.88 Å². The van der Waals surface area contributed by atoms with E-state index < -0.39 is 0 Å². The van der Waals surface area contributed by atoms with Crippen LogP contribution in [0.25, 0.3) is 16.7 Å². The number of allylic oxidation sites excluding steroid dienone is 1. The van der Waals surface area contributed by atoms with Crippen molar-refractivity contribution in [2.45, 2.75) is 6.04 Å². The normalized spacial score (nSPS) is 15.8. The van der Waals surface area contributed by atoms with E-state index in [4.69, 9.17) is 0 Å². The summed E-state index contributed by atoms with van der Waals surface area (Å²) in [5.74, 6) is 0.631. The SMILES string of the molecule is Fc1ccc(C2C=C(c3ccc(Br)cc3)Nc3[nH]c4ccccc4[n+]32)cc1Br. The second-order valence-corrected chi connectivity index (χ2v) is 8.46. The standard InChI is InChI=1S/C22H14Br2FN3/c23-15-8-5-13(6-9-15)19-12-21(14-7-10-17(25)16(24)11-14)28-20-4-2-1-3-18(20)26-22(28)27-19/h1-12,21H,(H,26,27)/p+1. The fourth-order valence-corrected chi connectivity index (χ4v) is 4.28. The molecule has 0 radical (unpaired) electrons. The first-order valence-electron chi connectivity index (χ1n) is 8.82. The van der Waals surface area contributed by atoms with Crippen molar-refractivity contribution in [2.75, 3.05) is 5.32 Å². The molecule has 138 valence electrons. The number of anilines is 1. The first-order valence-corrected chi connectivity index (χ1v) is 10.4. The van der Waals surface area contributed by atoms with E-state index in [1.165, 1.54) is 6.07 Å². The zero-order chi connectivity index (χ0) is 19.3. The van der Waals surface area contributed by atoms with Crippen LogP contribution in [0.3, 0.4) is 0 Å². The largest absolute Gasteiger partial charge is 0.361 e. The van der Waals surface area contributed by atoms with Crippen molar-refractivity contribution in [3.63, 3.8) is 0 Å². The van der Waals surface area contributed by atoms with Gasteiger partial charge < -0.3 is 0 Å². The molecule has 1 aliphatic heterocycles. The van der Waals surface area contributed by atoms with Crippen LogP contribution in [0.2, 0.25) is 0 Å². The van der Waals surface area contributed by atoms with Crippen molar-refractivity contribution >= 4 is 54.5 Å². The summed E-state index contributed by atoms with van der Waals surface area (Å²) in [6.07, 6.45) is 2.18. The predicted octanol–water partition coefficient (Wildman–Crippen LogP) is 6.18. The molecule has 4 aromatic rings. The second-order valence-electron chi connectivity index (χ2n) is 6.69. The fourth-order valence-electron chi connectivity index (χ4n) is 3.62. The third kappa shape index (κ3) is 2.97. The lowest BCUT2D eigenvalue weighted by atomic mass is 10.0. The molecule has 1 aliphatic rings. The highest BCUT2D eigenvalue weighted by Gasteiger charge is 2.31. The van der Waals surface area contributed by atoms with E-state index in [2.05, 4.69) is 77.1 Å². The third-order valence-electron chi connectivity index (χ3n) is 4.95. The zero-order valence-corrected chi connectivity index (χ0v) is 17.8. The molecule has 0 amide bonds. The maximum atomic E-state index is 13.8. The van der Waals surface area contributed by atoms with Gasteiger partial charge in [0.05, 0.1) is 4.47 Å². The number of rotatable bonds is 2. The number of aromatic amines is 1. The van der Waals surface area contributed by atoms with E-state index in [1.807, 2.05) is 36.4 Å². The van der Waals surface area contributed by atoms with Gasteiger partial charge in [0.2, 0.25) is 0 Å². The molecule has 0 fully saturated rings. The first kappa shape index (κ1) is 17.6. The zero-order valence-electron chi connectivity index (χ0n) is 14.6. The molecule has 0 aliphatic carbocycles. The van der Waals surface area contributed by atoms with Gasteiger partial charge in [0.1, 0.15) is 28.6 Å². The summed E-state index contributed by atoms with van der Waals surface area (Å²) in [6, 6.07) is 21.5. The molecule has 1 aromatic heterocycles. The van der Waals surface area contributed by atoms with E-state index in [1.54, 1.807) is 0 Å². The number of aromatic nitrogens is 2. The van der Waals surface area contributed by atoms with Gasteiger partial charge in [0.25, 0.3) is 0 Å². The summed E-state index contributed by atoms with van der Waals surface area (Å²) < 4.78 is 17.5. The number of para-hydroxylation sites is 2. The quantitative estimate of drug-likeness (QED) is 0.317. The van der Waals surface area contributed by atoms with Crippen molar-refractivity contribution in [3.05, 3.63) is 98.7 Å². The van der Waals surface area contributed by atoms with Crippen LogP contribution in [0.15, 0.2) is 81.8 Å². The maximum Gasteiger partial charge on any atom is 0.361 e. The average molecular weight is 500 g/mol. The van der Waals surface area contributed by atoms with E-state index in [-0.39, 0.29) is 11.9 Å². The summed E-state index contributed by atoms with van der Waals surface area (Å²) in [7, 11) is 0. The van der Waals surface area contributed by atoms with Gasteiger partial charge in [-0.3, -0.25) is 0 Å². The minimum atomic E-state index is -0.265. The van der Waals surface area contributed by atoms with Gasteiger partial charge >= 0.3 is 5.95 Å². The van der Waals surface area contributed by atoms with Gasteiger partial charge in [-0.1, -0.05) is 46.3 Å². The second kappa shape index (κ2) is 6.87. The van der Waals surface area contributed by atoms with Crippen molar-refractivity contribution in [1.29, 1.82) is 0 Å². The number of halogens is 3. The Kier molecular flexibility index (Phi) is 4.33. The Morgan fingerprint density at radius 2 is 1.71 bits per heavy atom. The monoisotopic (exact) mass is 498 g/mol. The van der Waals surface area contributed by atoms with Crippen molar-refractivity contribution in [2.24, 2.45) is 0 Å². The Morgan fingerprint density at radius 3 is 2.50 bits per heavy atom.